The molecular weight excluding hydrogens is 629 g/mol. The molecule has 0 saturated heterocycles. The van der Waals surface area contributed by atoms with Crippen LogP contribution in [0.4, 0.5) is 0 Å². The van der Waals surface area contributed by atoms with E-state index in [2.05, 4.69) is 114 Å². The molecule has 0 spiro atoms. The van der Waals surface area contributed by atoms with Crippen LogP contribution in [0.1, 0.15) is 0 Å². The van der Waals surface area contributed by atoms with Gasteiger partial charge in [0.2, 0.25) is 5.71 Å². The summed E-state index contributed by atoms with van der Waals surface area (Å²) in [5, 5.41) is 5.43. The quantitative estimate of drug-likeness (QED) is 0.189. The van der Waals surface area contributed by atoms with E-state index in [9.17, 15) is 0 Å². The zero-order valence-electron chi connectivity index (χ0n) is 27.1. The molecule has 11 rings (SSSR count). The van der Waals surface area contributed by atoms with Crippen molar-refractivity contribution in [1.82, 2.24) is 9.97 Å². The molecule has 0 aliphatic heterocycles. The monoisotopic (exact) mass is 654 g/mol. The van der Waals surface area contributed by atoms with E-state index >= 15 is 0 Å². The Morgan fingerprint density at radius 2 is 0.882 bits per heavy atom. The van der Waals surface area contributed by atoms with Crippen LogP contribution in [0.25, 0.3) is 111 Å². The molecule has 11 aromatic rings. The highest BCUT2D eigenvalue weighted by Gasteiger charge is 2.16. The Labute approximate surface area is 291 Å². The number of hydrogen-bond donors (Lipinski definition) is 0. The predicted octanol–water partition coefficient (Wildman–Crippen LogP) is 12.8. The summed E-state index contributed by atoms with van der Waals surface area (Å²) in [6.45, 7) is 0. The molecule has 0 bridgehead atoms. The van der Waals surface area contributed by atoms with Gasteiger partial charge in [-0.2, -0.15) is 0 Å². The number of para-hydroxylation sites is 4. The van der Waals surface area contributed by atoms with Crippen molar-refractivity contribution in [2.75, 3.05) is 0 Å². The minimum Gasteiger partial charge on any atom is -0.455 e. The average molecular weight is 655 g/mol. The zero-order valence-corrected chi connectivity index (χ0v) is 27.1. The molecule has 0 aliphatic rings. The topological polar surface area (TPSA) is 65.2 Å². The lowest BCUT2D eigenvalue weighted by Gasteiger charge is -2.06. The third-order valence-electron chi connectivity index (χ3n) is 10.0. The van der Waals surface area contributed by atoms with Gasteiger partial charge in [-0.25, -0.2) is 9.97 Å². The molecule has 7 aromatic carbocycles. The molecule has 5 nitrogen and oxygen atoms in total. The average Bonchev–Trinajstić information content (AvgIpc) is 3.89. The van der Waals surface area contributed by atoms with Crippen LogP contribution in [0, 0.1) is 0 Å². The van der Waals surface area contributed by atoms with Gasteiger partial charge in [0.25, 0.3) is 0 Å². The van der Waals surface area contributed by atoms with Gasteiger partial charge < -0.3 is 13.3 Å². The van der Waals surface area contributed by atoms with Gasteiger partial charge in [-0.1, -0.05) is 127 Å². The van der Waals surface area contributed by atoms with E-state index in [-0.39, 0.29) is 0 Å². The van der Waals surface area contributed by atoms with Gasteiger partial charge >= 0.3 is 0 Å². The van der Waals surface area contributed by atoms with E-state index in [4.69, 9.17) is 18.2 Å². The molecule has 51 heavy (non-hydrogen) atoms. The second-order valence-electron chi connectivity index (χ2n) is 12.9. The minimum absolute atomic E-state index is 0.522. The number of nitrogens with zero attached hydrogens (tertiary/aromatic N) is 2. The highest BCUT2D eigenvalue weighted by atomic mass is 16.3. The lowest BCUT2D eigenvalue weighted by molar-refractivity contribution is 0.653. The Morgan fingerprint density at radius 1 is 0.373 bits per heavy atom. The summed E-state index contributed by atoms with van der Waals surface area (Å²) in [4.78, 5) is 9.74. The summed E-state index contributed by atoms with van der Waals surface area (Å²) < 4.78 is 18.7. The first-order chi connectivity index (χ1) is 25.2. The smallest absolute Gasteiger partial charge is 0.246 e. The van der Waals surface area contributed by atoms with E-state index in [1.54, 1.807) is 6.20 Å². The van der Waals surface area contributed by atoms with Crippen molar-refractivity contribution < 1.29 is 13.3 Å². The third-order valence-corrected chi connectivity index (χ3v) is 10.0. The molecule has 0 N–H and O–H groups in total. The number of furan rings is 3. The van der Waals surface area contributed by atoms with Crippen LogP contribution in [-0.2, 0) is 0 Å². The summed E-state index contributed by atoms with van der Waals surface area (Å²) in [5.74, 6) is 0. The maximum Gasteiger partial charge on any atom is 0.246 e. The largest absolute Gasteiger partial charge is 0.455 e. The normalized spacial score (nSPS) is 11.9. The van der Waals surface area contributed by atoms with E-state index in [1.165, 1.54) is 0 Å². The van der Waals surface area contributed by atoms with Gasteiger partial charge in [0, 0.05) is 43.6 Å². The standard InChI is InChI=1S/C46H26N2O3/c1-3-13-40-34(7-1)36-11-5-9-32(44(36)49-40)28-17-15-27(16-18-28)31-23-24-42-38(25-31)43-46(51-42)47-26-39(48-43)30-21-19-29(20-22-30)33-10-6-12-37-35-8-2-4-14-41(35)50-45(33)37/h1-26H. The van der Waals surface area contributed by atoms with Crippen molar-refractivity contribution in [2.24, 2.45) is 0 Å². The van der Waals surface area contributed by atoms with Crippen molar-refractivity contribution in [3.05, 3.63) is 158 Å². The second-order valence-corrected chi connectivity index (χ2v) is 12.9. The first-order valence-corrected chi connectivity index (χ1v) is 17.0. The lowest BCUT2D eigenvalue weighted by atomic mass is 9.98. The SMILES string of the molecule is c1ccc2c(c1)oc1c(-c3ccc(-c4ccc5oc6ncc(-c7ccc(-c8cccc9c8oc8ccccc89)cc7)nc6c5c4)cc3)cccc12. The number of fused-ring (bicyclic) bond motifs is 9. The molecule has 5 heteroatoms. The van der Waals surface area contributed by atoms with Crippen molar-refractivity contribution in [1.29, 1.82) is 0 Å². The summed E-state index contributed by atoms with van der Waals surface area (Å²) in [5.41, 5.74) is 13.9. The molecule has 4 heterocycles. The van der Waals surface area contributed by atoms with Gasteiger partial charge in [-0.05, 0) is 46.5 Å². The maximum absolute atomic E-state index is 6.30. The van der Waals surface area contributed by atoms with Crippen LogP contribution in [0.15, 0.2) is 171 Å². The molecule has 0 aliphatic carbocycles. The fraction of sp³-hybridized carbons (Fsp3) is 0. The molecule has 0 atom stereocenters. The Morgan fingerprint density at radius 3 is 1.51 bits per heavy atom. The Kier molecular flexibility index (Phi) is 5.89. The Balaban J connectivity index is 0.932. The molecular formula is C46H26N2O3. The van der Waals surface area contributed by atoms with Crippen LogP contribution in [0.2, 0.25) is 0 Å². The van der Waals surface area contributed by atoms with E-state index in [1.807, 2.05) is 42.5 Å². The molecule has 0 fully saturated rings. The third kappa shape index (κ3) is 4.35. The second kappa shape index (κ2) is 10.8. The van der Waals surface area contributed by atoms with Crippen molar-refractivity contribution in [3.63, 3.8) is 0 Å². The molecule has 0 radical (unpaired) electrons. The maximum atomic E-state index is 6.30. The van der Waals surface area contributed by atoms with Crippen molar-refractivity contribution in [3.8, 4) is 44.6 Å². The van der Waals surface area contributed by atoms with Gasteiger partial charge in [0.1, 0.15) is 33.4 Å². The Bertz CT molecular complexity index is 2920. The molecule has 0 unspecified atom stereocenters. The fourth-order valence-corrected chi connectivity index (χ4v) is 7.47. The molecule has 4 aromatic heterocycles. The van der Waals surface area contributed by atoms with E-state index in [0.717, 1.165) is 105 Å². The van der Waals surface area contributed by atoms with Crippen LogP contribution < -0.4 is 0 Å². The highest BCUT2D eigenvalue weighted by Crippen LogP contribution is 2.39. The van der Waals surface area contributed by atoms with Gasteiger partial charge in [0.15, 0.2) is 0 Å². The van der Waals surface area contributed by atoms with Crippen molar-refractivity contribution >= 4 is 66.1 Å². The molecule has 238 valence electrons. The fourth-order valence-electron chi connectivity index (χ4n) is 7.47. The summed E-state index contributed by atoms with van der Waals surface area (Å²) in [6.07, 6.45) is 1.78. The van der Waals surface area contributed by atoms with E-state index in [0.29, 0.717) is 5.71 Å². The zero-order chi connectivity index (χ0) is 33.5. The Hall–Kier alpha value is -6.98. The van der Waals surface area contributed by atoms with Gasteiger partial charge in [-0.15, -0.1) is 0 Å². The first kappa shape index (κ1) is 27.9. The summed E-state index contributed by atoms with van der Waals surface area (Å²) >= 11 is 0. The van der Waals surface area contributed by atoms with E-state index < -0.39 is 0 Å². The van der Waals surface area contributed by atoms with Crippen LogP contribution in [0.5, 0.6) is 0 Å². The minimum atomic E-state index is 0.522. The van der Waals surface area contributed by atoms with Crippen LogP contribution in [-0.4, -0.2) is 9.97 Å². The summed E-state index contributed by atoms with van der Waals surface area (Å²) in [7, 11) is 0. The van der Waals surface area contributed by atoms with Crippen LogP contribution >= 0.6 is 0 Å². The predicted molar refractivity (Wildman–Crippen MR) is 206 cm³/mol. The lowest BCUT2D eigenvalue weighted by Crippen LogP contribution is -1.87. The number of rotatable bonds is 4. The molecule has 0 saturated carbocycles. The van der Waals surface area contributed by atoms with Crippen molar-refractivity contribution in [2.45, 2.75) is 0 Å². The van der Waals surface area contributed by atoms with Crippen LogP contribution in [0.3, 0.4) is 0 Å². The molecule has 0 amide bonds. The van der Waals surface area contributed by atoms with Gasteiger partial charge in [-0.3, -0.25) is 0 Å². The highest BCUT2D eigenvalue weighted by molar-refractivity contribution is 6.11. The summed E-state index contributed by atoms with van der Waals surface area (Å²) in [6, 6.07) is 52.3. The number of aromatic nitrogens is 2. The van der Waals surface area contributed by atoms with Gasteiger partial charge in [0.05, 0.1) is 11.9 Å². The first-order valence-electron chi connectivity index (χ1n) is 17.0. The number of hydrogen-bond acceptors (Lipinski definition) is 5. The number of benzene rings is 7.